The molecule has 0 spiro atoms. The van der Waals surface area contributed by atoms with E-state index in [1.54, 1.807) is 19.1 Å². The zero-order chi connectivity index (χ0) is 13.8. The summed E-state index contributed by atoms with van der Waals surface area (Å²) in [6.07, 6.45) is 0.203. The third-order valence-corrected chi connectivity index (χ3v) is 3.36. The normalized spacial score (nSPS) is 11.3. The van der Waals surface area contributed by atoms with Gasteiger partial charge in [0.15, 0.2) is 0 Å². The molecule has 1 aromatic rings. The van der Waals surface area contributed by atoms with Crippen molar-refractivity contribution < 1.29 is 17.9 Å². The summed E-state index contributed by atoms with van der Waals surface area (Å²) in [7, 11) is -2.29. The van der Waals surface area contributed by atoms with Crippen molar-refractivity contribution in [3.8, 4) is 0 Å². The molecule has 1 aromatic carbocycles. The van der Waals surface area contributed by atoms with E-state index in [4.69, 9.17) is 9.88 Å². The number of sulfonamides is 1. The molecule has 3 N–H and O–H groups in total. The van der Waals surface area contributed by atoms with Gasteiger partial charge in [0.2, 0.25) is 15.9 Å². The van der Waals surface area contributed by atoms with Crippen molar-refractivity contribution in [2.45, 2.75) is 18.2 Å². The molecule has 0 fully saturated rings. The van der Waals surface area contributed by atoms with Gasteiger partial charge in [-0.25, -0.2) is 13.6 Å². The Kier molecular flexibility index (Phi) is 4.83. The molecule has 1 rings (SSSR count). The fraction of sp³-hybridized carbons (Fsp3) is 0.364. The number of aryl methyl sites for hydroxylation is 1. The average molecular weight is 272 g/mol. The number of carbonyl (C=O) groups is 1. The number of hydrogen-bond acceptors (Lipinski definition) is 4. The van der Waals surface area contributed by atoms with Crippen LogP contribution in [0.5, 0.6) is 0 Å². The number of nitrogens with one attached hydrogen (secondary N) is 1. The van der Waals surface area contributed by atoms with E-state index in [-0.39, 0.29) is 17.2 Å². The van der Waals surface area contributed by atoms with E-state index in [0.29, 0.717) is 17.9 Å². The van der Waals surface area contributed by atoms with Gasteiger partial charge in [-0.1, -0.05) is 6.07 Å². The van der Waals surface area contributed by atoms with Crippen LogP contribution in [0.2, 0.25) is 0 Å². The second-order valence-electron chi connectivity index (χ2n) is 3.82. The summed E-state index contributed by atoms with van der Waals surface area (Å²) >= 11 is 0. The van der Waals surface area contributed by atoms with E-state index in [2.05, 4.69) is 5.32 Å². The molecule has 0 aliphatic carbocycles. The molecule has 0 heterocycles. The molecular formula is C11H16N2O4S. The maximum atomic E-state index is 11.4. The van der Waals surface area contributed by atoms with Gasteiger partial charge in [0.25, 0.3) is 0 Å². The van der Waals surface area contributed by atoms with Crippen molar-refractivity contribution >= 4 is 21.6 Å². The summed E-state index contributed by atoms with van der Waals surface area (Å²) in [5.41, 5.74) is 0.929. The molecule has 18 heavy (non-hydrogen) atoms. The standard InChI is InChI=1S/C11H16N2O4S/c1-8-3-4-9(7-10(8)18(12,15)16)13-11(14)5-6-17-2/h3-4,7H,5-6H2,1-2H3,(H,13,14)(H2,12,15,16). The number of benzene rings is 1. The minimum Gasteiger partial charge on any atom is -0.384 e. The summed E-state index contributed by atoms with van der Waals surface area (Å²) in [5.74, 6) is -0.249. The molecule has 0 aromatic heterocycles. The van der Waals surface area contributed by atoms with Crippen molar-refractivity contribution in [2.75, 3.05) is 19.0 Å². The van der Waals surface area contributed by atoms with Crippen LogP contribution in [-0.4, -0.2) is 28.0 Å². The van der Waals surface area contributed by atoms with Gasteiger partial charge in [-0.15, -0.1) is 0 Å². The van der Waals surface area contributed by atoms with Crippen LogP contribution < -0.4 is 10.5 Å². The lowest BCUT2D eigenvalue weighted by molar-refractivity contribution is -0.117. The topological polar surface area (TPSA) is 98.5 Å². The van der Waals surface area contributed by atoms with E-state index in [1.165, 1.54) is 13.2 Å². The van der Waals surface area contributed by atoms with Crippen molar-refractivity contribution in [2.24, 2.45) is 5.14 Å². The summed E-state index contributed by atoms with van der Waals surface area (Å²) < 4.78 is 27.4. The highest BCUT2D eigenvalue weighted by molar-refractivity contribution is 7.89. The van der Waals surface area contributed by atoms with Crippen LogP contribution >= 0.6 is 0 Å². The highest BCUT2D eigenvalue weighted by Crippen LogP contribution is 2.19. The molecule has 0 bridgehead atoms. The highest BCUT2D eigenvalue weighted by atomic mass is 32.2. The van der Waals surface area contributed by atoms with Gasteiger partial charge in [-0.2, -0.15) is 0 Å². The minimum absolute atomic E-state index is 0.00652. The Balaban J connectivity index is 2.90. The number of nitrogens with two attached hydrogens (primary N) is 1. The average Bonchev–Trinajstić information content (AvgIpc) is 2.27. The number of anilines is 1. The molecule has 1 amide bonds. The number of rotatable bonds is 5. The Morgan fingerprint density at radius 3 is 2.67 bits per heavy atom. The smallest absolute Gasteiger partial charge is 0.238 e. The van der Waals surface area contributed by atoms with Gasteiger partial charge >= 0.3 is 0 Å². The maximum absolute atomic E-state index is 11.4. The summed E-state index contributed by atoms with van der Waals surface area (Å²) in [6.45, 7) is 1.94. The van der Waals surface area contributed by atoms with Crippen LogP contribution in [0.25, 0.3) is 0 Å². The van der Waals surface area contributed by atoms with Gasteiger partial charge in [0.05, 0.1) is 17.9 Å². The Morgan fingerprint density at radius 2 is 2.11 bits per heavy atom. The molecule has 0 aliphatic heterocycles. The van der Waals surface area contributed by atoms with Gasteiger partial charge < -0.3 is 10.1 Å². The third-order valence-electron chi connectivity index (χ3n) is 2.31. The highest BCUT2D eigenvalue weighted by Gasteiger charge is 2.12. The summed E-state index contributed by atoms with van der Waals surface area (Å²) in [4.78, 5) is 11.5. The second kappa shape index (κ2) is 5.94. The van der Waals surface area contributed by atoms with E-state index in [1.807, 2.05) is 0 Å². The van der Waals surface area contributed by atoms with Gasteiger partial charge in [0, 0.05) is 12.8 Å². The lowest BCUT2D eigenvalue weighted by atomic mass is 10.2. The fourth-order valence-corrected chi connectivity index (χ4v) is 2.21. The van der Waals surface area contributed by atoms with Crippen LogP contribution in [0, 0.1) is 6.92 Å². The first-order valence-corrected chi connectivity index (χ1v) is 6.81. The van der Waals surface area contributed by atoms with Crippen LogP contribution in [0.3, 0.4) is 0 Å². The van der Waals surface area contributed by atoms with Crippen molar-refractivity contribution in [1.29, 1.82) is 0 Å². The number of hydrogen-bond donors (Lipinski definition) is 2. The van der Waals surface area contributed by atoms with Gasteiger partial charge in [-0.05, 0) is 24.6 Å². The fourth-order valence-electron chi connectivity index (χ4n) is 1.40. The molecular weight excluding hydrogens is 256 g/mol. The molecule has 7 heteroatoms. The van der Waals surface area contributed by atoms with E-state index >= 15 is 0 Å². The zero-order valence-electron chi connectivity index (χ0n) is 10.3. The number of ether oxygens (including phenoxy) is 1. The predicted molar refractivity (Wildman–Crippen MR) is 67.7 cm³/mol. The molecule has 100 valence electrons. The summed E-state index contributed by atoms with van der Waals surface area (Å²) in [5, 5.41) is 7.65. The van der Waals surface area contributed by atoms with E-state index in [9.17, 15) is 13.2 Å². The Hall–Kier alpha value is -1.44. The third kappa shape index (κ3) is 4.10. The van der Waals surface area contributed by atoms with Crippen LogP contribution in [-0.2, 0) is 19.6 Å². The number of amides is 1. The summed E-state index contributed by atoms with van der Waals surface area (Å²) in [6, 6.07) is 4.55. The van der Waals surface area contributed by atoms with Crippen molar-refractivity contribution in [1.82, 2.24) is 0 Å². The lowest BCUT2D eigenvalue weighted by Gasteiger charge is -2.08. The molecule has 6 nitrogen and oxygen atoms in total. The van der Waals surface area contributed by atoms with Gasteiger partial charge in [0.1, 0.15) is 0 Å². The lowest BCUT2D eigenvalue weighted by Crippen LogP contribution is -2.16. The van der Waals surface area contributed by atoms with Gasteiger partial charge in [-0.3, -0.25) is 4.79 Å². The van der Waals surface area contributed by atoms with Crippen LogP contribution in [0.15, 0.2) is 23.1 Å². The number of methoxy groups -OCH3 is 1. The molecule has 0 radical (unpaired) electrons. The Bertz CT molecular complexity index is 540. The largest absolute Gasteiger partial charge is 0.384 e. The first-order chi connectivity index (χ1) is 8.34. The van der Waals surface area contributed by atoms with Crippen molar-refractivity contribution in [3.05, 3.63) is 23.8 Å². The monoisotopic (exact) mass is 272 g/mol. The molecule has 0 aliphatic rings. The molecule has 0 unspecified atom stereocenters. The molecule has 0 saturated heterocycles. The maximum Gasteiger partial charge on any atom is 0.238 e. The minimum atomic E-state index is -3.78. The Labute approximate surface area is 106 Å². The number of carbonyl (C=O) groups excluding carboxylic acids is 1. The second-order valence-corrected chi connectivity index (χ2v) is 5.35. The zero-order valence-corrected chi connectivity index (χ0v) is 11.1. The first-order valence-electron chi connectivity index (χ1n) is 5.27. The quantitative estimate of drug-likeness (QED) is 0.820. The molecule has 0 saturated carbocycles. The first kappa shape index (κ1) is 14.6. The van der Waals surface area contributed by atoms with E-state index in [0.717, 1.165) is 0 Å². The SMILES string of the molecule is COCCC(=O)Nc1ccc(C)c(S(N)(=O)=O)c1. The van der Waals surface area contributed by atoms with Crippen LogP contribution in [0.1, 0.15) is 12.0 Å². The molecule has 0 atom stereocenters. The number of primary sulfonamides is 1. The van der Waals surface area contributed by atoms with E-state index < -0.39 is 10.0 Å². The van der Waals surface area contributed by atoms with Crippen LogP contribution in [0.4, 0.5) is 5.69 Å². The van der Waals surface area contributed by atoms with Crippen molar-refractivity contribution in [3.63, 3.8) is 0 Å². The predicted octanol–water partition coefficient (Wildman–Crippen LogP) is 0.617. The Morgan fingerprint density at radius 1 is 1.44 bits per heavy atom.